The Morgan fingerprint density at radius 2 is 1.48 bits per heavy atom. The van der Waals surface area contributed by atoms with Crippen molar-refractivity contribution in [1.29, 1.82) is 0 Å². The van der Waals surface area contributed by atoms with Gasteiger partial charge in [0.15, 0.2) is 0 Å². The van der Waals surface area contributed by atoms with Crippen molar-refractivity contribution in [2.24, 2.45) is 23.1 Å². The number of hydrogen-bond acceptors (Lipinski definition) is 7. The van der Waals surface area contributed by atoms with E-state index >= 15 is 0 Å². The van der Waals surface area contributed by atoms with Gasteiger partial charge in [0.1, 0.15) is 12.1 Å². The fourth-order valence-electron chi connectivity index (χ4n) is 2.20. The van der Waals surface area contributed by atoms with Gasteiger partial charge in [0, 0.05) is 0 Å². The van der Waals surface area contributed by atoms with Crippen LogP contribution in [0.3, 0.4) is 0 Å². The van der Waals surface area contributed by atoms with Crippen LogP contribution < -0.4 is 33.2 Å². The molecule has 0 aromatic carbocycles. The summed E-state index contributed by atoms with van der Waals surface area (Å²) in [6.45, 7) is 2.85. The minimum Gasteiger partial charge on any atom is -0.480 e. The molecule has 0 aliphatic heterocycles. The van der Waals surface area contributed by atoms with Crippen molar-refractivity contribution in [3.63, 3.8) is 0 Å². The first-order chi connectivity index (χ1) is 13.4. The summed E-state index contributed by atoms with van der Waals surface area (Å²) in [7, 11) is 0. The van der Waals surface area contributed by atoms with E-state index < -0.39 is 73.0 Å². The monoisotopic (exact) mass is 416 g/mol. The van der Waals surface area contributed by atoms with Crippen molar-refractivity contribution >= 4 is 35.5 Å². The van der Waals surface area contributed by atoms with E-state index in [9.17, 15) is 28.8 Å². The van der Waals surface area contributed by atoms with Gasteiger partial charge in [-0.05, 0) is 5.92 Å². The fraction of sp³-hybridized carbons (Fsp3) is 0.625. The molecular formula is C16H28N6O7. The minimum absolute atomic E-state index is 0.343. The van der Waals surface area contributed by atoms with Crippen LogP contribution in [0.2, 0.25) is 0 Å². The van der Waals surface area contributed by atoms with E-state index in [0.717, 1.165) is 0 Å². The molecule has 0 aromatic heterocycles. The maximum Gasteiger partial charge on any atom is 0.326 e. The number of nitrogens with one attached hydrogen (secondary N) is 3. The average Bonchev–Trinajstić information content (AvgIpc) is 2.61. The maximum absolute atomic E-state index is 12.4. The van der Waals surface area contributed by atoms with Gasteiger partial charge in [-0.2, -0.15) is 0 Å². The Labute approximate surface area is 167 Å². The molecule has 0 saturated carbocycles. The van der Waals surface area contributed by atoms with E-state index in [4.69, 9.17) is 22.3 Å². The standard InChI is InChI=1S/C16H28N6O7/c1-3-7(2)13(22-14(26)8(17)4-10(18)23)15(27)20-6-12(25)21-9(16(28)29)5-11(19)24/h7-9,13H,3-6,17H2,1-2H3,(H2,18,23)(H2,19,24)(H,20,27)(H,21,25)(H,22,26)(H,28,29). The highest BCUT2D eigenvalue weighted by molar-refractivity contribution is 5.94. The molecular weight excluding hydrogens is 388 g/mol. The summed E-state index contributed by atoms with van der Waals surface area (Å²) in [5, 5.41) is 15.7. The largest absolute Gasteiger partial charge is 0.480 e. The number of carbonyl (C=O) groups is 6. The third-order valence-corrected chi connectivity index (χ3v) is 4.01. The second-order valence-corrected chi connectivity index (χ2v) is 6.50. The number of hydrogen-bond donors (Lipinski definition) is 7. The van der Waals surface area contributed by atoms with Gasteiger partial charge in [0.05, 0.1) is 25.4 Å². The lowest BCUT2D eigenvalue weighted by atomic mass is 9.97. The van der Waals surface area contributed by atoms with Crippen LogP contribution >= 0.6 is 0 Å². The van der Waals surface area contributed by atoms with E-state index in [1.807, 2.05) is 0 Å². The van der Waals surface area contributed by atoms with Crippen molar-refractivity contribution in [2.45, 2.75) is 51.2 Å². The first-order valence-corrected chi connectivity index (χ1v) is 8.81. The number of carbonyl (C=O) groups excluding carboxylic acids is 5. The first-order valence-electron chi connectivity index (χ1n) is 8.81. The van der Waals surface area contributed by atoms with E-state index in [2.05, 4.69) is 16.0 Å². The van der Waals surface area contributed by atoms with E-state index in [-0.39, 0.29) is 5.92 Å². The Morgan fingerprint density at radius 1 is 0.931 bits per heavy atom. The van der Waals surface area contributed by atoms with Crippen LogP contribution in [0.5, 0.6) is 0 Å². The van der Waals surface area contributed by atoms with Crippen molar-refractivity contribution < 1.29 is 33.9 Å². The Hall–Kier alpha value is -3.22. The van der Waals surface area contributed by atoms with Crippen LogP contribution in [0, 0.1) is 5.92 Å². The molecule has 13 heteroatoms. The van der Waals surface area contributed by atoms with Crippen LogP contribution in [0.4, 0.5) is 0 Å². The third-order valence-electron chi connectivity index (χ3n) is 4.01. The van der Waals surface area contributed by atoms with Crippen LogP contribution in [0.1, 0.15) is 33.1 Å². The molecule has 0 rings (SSSR count). The van der Waals surface area contributed by atoms with Crippen molar-refractivity contribution in [1.82, 2.24) is 16.0 Å². The quantitative estimate of drug-likeness (QED) is 0.157. The molecule has 29 heavy (non-hydrogen) atoms. The SMILES string of the molecule is CCC(C)C(NC(=O)C(N)CC(N)=O)C(=O)NCC(=O)NC(CC(N)=O)C(=O)O. The van der Waals surface area contributed by atoms with Crippen LogP contribution in [-0.2, 0) is 28.8 Å². The highest BCUT2D eigenvalue weighted by atomic mass is 16.4. The van der Waals surface area contributed by atoms with Gasteiger partial charge in [0.25, 0.3) is 0 Å². The number of amides is 5. The number of carboxylic acid groups (broad SMARTS) is 1. The summed E-state index contributed by atoms with van der Waals surface area (Å²) in [5.74, 6) is -5.85. The Morgan fingerprint density at radius 3 is 1.93 bits per heavy atom. The van der Waals surface area contributed by atoms with Gasteiger partial charge in [-0.3, -0.25) is 24.0 Å². The lowest BCUT2D eigenvalue weighted by molar-refractivity contribution is -0.143. The molecule has 10 N–H and O–H groups in total. The van der Waals surface area contributed by atoms with Gasteiger partial charge in [-0.1, -0.05) is 20.3 Å². The van der Waals surface area contributed by atoms with Gasteiger partial charge < -0.3 is 38.3 Å². The van der Waals surface area contributed by atoms with Crippen LogP contribution in [-0.4, -0.2) is 65.3 Å². The molecule has 0 aliphatic rings. The molecule has 4 atom stereocenters. The minimum atomic E-state index is -1.53. The second-order valence-electron chi connectivity index (χ2n) is 6.50. The molecule has 0 aromatic rings. The highest BCUT2D eigenvalue weighted by Crippen LogP contribution is 2.08. The fourth-order valence-corrected chi connectivity index (χ4v) is 2.20. The highest BCUT2D eigenvalue weighted by Gasteiger charge is 2.29. The molecule has 164 valence electrons. The zero-order valence-electron chi connectivity index (χ0n) is 16.3. The Balaban J connectivity index is 4.92. The summed E-state index contributed by atoms with van der Waals surface area (Å²) in [6.07, 6.45) is -0.521. The molecule has 0 spiro atoms. The molecule has 0 radical (unpaired) electrons. The van der Waals surface area contributed by atoms with Crippen molar-refractivity contribution in [3.8, 4) is 0 Å². The van der Waals surface area contributed by atoms with E-state index in [0.29, 0.717) is 6.42 Å². The van der Waals surface area contributed by atoms with Gasteiger partial charge in [-0.25, -0.2) is 4.79 Å². The van der Waals surface area contributed by atoms with E-state index in [1.165, 1.54) is 0 Å². The summed E-state index contributed by atoms with van der Waals surface area (Å²) < 4.78 is 0. The first kappa shape index (κ1) is 25.8. The maximum atomic E-state index is 12.4. The Bertz CT molecular complexity index is 654. The van der Waals surface area contributed by atoms with E-state index in [1.54, 1.807) is 13.8 Å². The number of aliphatic carboxylic acids is 1. The smallest absolute Gasteiger partial charge is 0.326 e. The molecule has 0 fully saturated rings. The van der Waals surface area contributed by atoms with Gasteiger partial charge >= 0.3 is 5.97 Å². The zero-order chi connectivity index (χ0) is 22.7. The molecule has 0 bridgehead atoms. The zero-order valence-corrected chi connectivity index (χ0v) is 16.3. The topological polar surface area (TPSA) is 237 Å². The van der Waals surface area contributed by atoms with Crippen molar-refractivity contribution in [2.75, 3.05) is 6.54 Å². The number of nitrogens with two attached hydrogens (primary N) is 3. The third kappa shape index (κ3) is 10.0. The van der Waals surface area contributed by atoms with Crippen LogP contribution in [0.15, 0.2) is 0 Å². The molecule has 4 unspecified atom stereocenters. The number of carboxylic acids is 1. The summed E-state index contributed by atoms with van der Waals surface area (Å²) in [6, 6.07) is -3.82. The normalized spacial score (nSPS) is 14.6. The molecule has 5 amide bonds. The summed E-state index contributed by atoms with van der Waals surface area (Å²) in [4.78, 5) is 69.0. The summed E-state index contributed by atoms with van der Waals surface area (Å²) in [5.41, 5.74) is 15.5. The van der Waals surface area contributed by atoms with Gasteiger partial charge in [0.2, 0.25) is 29.5 Å². The van der Waals surface area contributed by atoms with Crippen molar-refractivity contribution in [3.05, 3.63) is 0 Å². The van der Waals surface area contributed by atoms with Crippen LogP contribution in [0.25, 0.3) is 0 Å². The van der Waals surface area contributed by atoms with Gasteiger partial charge in [-0.15, -0.1) is 0 Å². The Kier molecular flexibility index (Phi) is 10.9. The summed E-state index contributed by atoms with van der Waals surface area (Å²) >= 11 is 0. The lowest BCUT2D eigenvalue weighted by Crippen LogP contribution is -2.56. The second kappa shape index (κ2) is 12.3. The average molecular weight is 416 g/mol. The molecule has 13 nitrogen and oxygen atoms in total. The number of rotatable bonds is 13. The predicted octanol–water partition coefficient (Wildman–Crippen LogP) is -3.72. The molecule has 0 aliphatic carbocycles. The predicted molar refractivity (Wildman–Crippen MR) is 99.6 cm³/mol. The lowest BCUT2D eigenvalue weighted by Gasteiger charge is -2.25. The molecule has 0 saturated heterocycles. The molecule has 0 heterocycles. The number of primary amides is 2.